The summed E-state index contributed by atoms with van der Waals surface area (Å²) < 4.78 is 80.6. The Hall–Kier alpha value is -3.65. The minimum absolute atomic E-state index is 0.0740. The van der Waals surface area contributed by atoms with E-state index in [0.717, 1.165) is 30.5 Å². The number of amides is 1. The third kappa shape index (κ3) is 10.7. The predicted molar refractivity (Wildman–Crippen MR) is 182 cm³/mol. The fraction of sp³-hybridized carbons (Fsp3) is 0.472. The van der Waals surface area contributed by atoms with Crippen molar-refractivity contribution in [2.45, 2.75) is 75.9 Å². The Morgan fingerprint density at radius 3 is 2.39 bits per heavy atom. The van der Waals surface area contributed by atoms with E-state index >= 15 is 0 Å². The Balaban J connectivity index is 1.60. The van der Waals surface area contributed by atoms with Gasteiger partial charge in [0.05, 0.1) is 40.9 Å². The Morgan fingerprint density at radius 1 is 1.04 bits per heavy atom. The first-order valence-corrected chi connectivity index (χ1v) is 17.9. The number of carbonyl (C=O) groups is 1. The van der Waals surface area contributed by atoms with Crippen molar-refractivity contribution in [3.63, 3.8) is 0 Å². The molecule has 0 saturated carbocycles. The molecule has 0 aliphatic carbocycles. The van der Waals surface area contributed by atoms with Gasteiger partial charge in [0, 0.05) is 37.8 Å². The van der Waals surface area contributed by atoms with Gasteiger partial charge in [-0.2, -0.15) is 13.2 Å². The van der Waals surface area contributed by atoms with Crippen LogP contribution in [0.1, 0.15) is 61.5 Å². The molecule has 0 unspecified atom stereocenters. The molecular formula is C36H46F3N3O6S. The van der Waals surface area contributed by atoms with E-state index in [1.807, 2.05) is 25.8 Å². The molecule has 0 radical (unpaired) electrons. The molecule has 0 aromatic heterocycles. The van der Waals surface area contributed by atoms with Gasteiger partial charge in [-0.1, -0.05) is 37.3 Å². The molecule has 268 valence electrons. The lowest BCUT2D eigenvalue weighted by molar-refractivity contribution is -0.137. The second-order valence-electron chi connectivity index (χ2n) is 12.8. The molecule has 0 spiro atoms. The van der Waals surface area contributed by atoms with Crippen LogP contribution in [0, 0.1) is 5.92 Å². The lowest BCUT2D eigenvalue weighted by Gasteiger charge is -2.36. The lowest BCUT2D eigenvalue weighted by atomic mass is 10.0. The van der Waals surface area contributed by atoms with E-state index in [9.17, 15) is 31.5 Å². The molecule has 0 fully saturated rings. The van der Waals surface area contributed by atoms with E-state index in [0.29, 0.717) is 31.9 Å². The standard InChI is InChI=1S/C36H46F3N3O6S/c1-25-21-42(26(2)24-43)35(44)32-20-30(40-49(45,46)31-11-6-5-7-12-31)17-18-33(32)48-27(3)10-8-9-19-47-34(25)23-41(4)22-28-13-15-29(16-14-28)36(37,38)39/h5-7,11-18,20,25-27,34,40,43H,8-10,19,21-24H2,1-4H3/t25-,26-,27+,34+/m1/s1. The van der Waals surface area contributed by atoms with Gasteiger partial charge in [0.2, 0.25) is 0 Å². The molecule has 0 bridgehead atoms. The van der Waals surface area contributed by atoms with Crippen LogP contribution in [0.2, 0.25) is 0 Å². The van der Waals surface area contributed by atoms with Crippen LogP contribution < -0.4 is 9.46 Å². The molecule has 49 heavy (non-hydrogen) atoms. The molecule has 1 heterocycles. The van der Waals surface area contributed by atoms with Gasteiger partial charge in [0.15, 0.2) is 0 Å². The number of hydrogen-bond donors (Lipinski definition) is 2. The van der Waals surface area contributed by atoms with E-state index in [4.69, 9.17) is 9.47 Å². The molecule has 1 aliphatic heterocycles. The number of sulfonamides is 1. The van der Waals surface area contributed by atoms with Gasteiger partial charge >= 0.3 is 6.18 Å². The van der Waals surface area contributed by atoms with Gasteiger partial charge in [0.1, 0.15) is 5.75 Å². The molecule has 9 nitrogen and oxygen atoms in total. The van der Waals surface area contributed by atoms with Gasteiger partial charge in [-0.05, 0) is 88.2 Å². The first-order chi connectivity index (χ1) is 23.2. The van der Waals surface area contributed by atoms with E-state index in [-0.39, 0.29) is 47.4 Å². The number of fused-ring (bicyclic) bond motifs is 1. The van der Waals surface area contributed by atoms with Crippen LogP contribution in [0.5, 0.6) is 5.75 Å². The van der Waals surface area contributed by atoms with Gasteiger partial charge in [-0.25, -0.2) is 8.42 Å². The largest absolute Gasteiger partial charge is 0.490 e. The highest BCUT2D eigenvalue weighted by atomic mass is 32.2. The summed E-state index contributed by atoms with van der Waals surface area (Å²) in [5, 5.41) is 10.2. The quantitative estimate of drug-likeness (QED) is 0.264. The molecule has 3 aromatic carbocycles. The second-order valence-corrected chi connectivity index (χ2v) is 14.5. The highest BCUT2D eigenvalue weighted by Crippen LogP contribution is 2.31. The molecular weight excluding hydrogens is 659 g/mol. The Kier molecular flexibility index (Phi) is 13.1. The first kappa shape index (κ1) is 38.2. The highest BCUT2D eigenvalue weighted by molar-refractivity contribution is 7.92. The van der Waals surface area contributed by atoms with Gasteiger partial charge < -0.3 is 19.5 Å². The van der Waals surface area contributed by atoms with Crippen molar-refractivity contribution in [2.75, 3.05) is 38.1 Å². The first-order valence-electron chi connectivity index (χ1n) is 16.4. The number of alkyl halides is 3. The number of carbonyl (C=O) groups excluding carboxylic acids is 1. The van der Waals surface area contributed by atoms with Crippen molar-refractivity contribution >= 4 is 21.6 Å². The number of likely N-dealkylation sites (N-methyl/N-ethyl adjacent to an activating group) is 1. The number of anilines is 1. The smallest absolute Gasteiger partial charge is 0.416 e. The van der Waals surface area contributed by atoms with Crippen LogP contribution in [0.25, 0.3) is 0 Å². The third-order valence-electron chi connectivity index (χ3n) is 8.58. The summed E-state index contributed by atoms with van der Waals surface area (Å²) >= 11 is 0. The van der Waals surface area contributed by atoms with E-state index in [1.54, 1.807) is 42.2 Å². The van der Waals surface area contributed by atoms with Crippen molar-refractivity contribution in [2.24, 2.45) is 5.92 Å². The van der Waals surface area contributed by atoms with Crippen molar-refractivity contribution in [1.82, 2.24) is 9.80 Å². The van der Waals surface area contributed by atoms with Crippen LogP contribution in [0.4, 0.5) is 18.9 Å². The molecule has 1 aliphatic rings. The van der Waals surface area contributed by atoms with E-state index < -0.39 is 33.7 Å². The normalized spacial score (nSPS) is 20.6. The van der Waals surface area contributed by atoms with Crippen LogP contribution >= 0.6 is 0 Å². The Bertz CT molecular complexity index is 1620. The average molecular weight is 706 g/mol. The third-order valence-corrected chi connectivity index (χ3v) is 9.98. The summed E-state index contributed by atoms with van der Waals surface area (Å²) in [5.41, 5.74) is 0.358. The second kappa shape index (κ2) is 16.8. The van der Waals surface area contributed by atoms with Crippen molar-refractivity contribution < 1.29 is 41.0 Å². The van der Waals surface area contributed by atoms with Crippen LogP contribution in [0.3, 0.4) is 0 Å². The van der Waals surface area contributed by atoms with Crippen molar-refractivity contribution in [3.8, 4) is 5.75 Å². The zero-order valence-corrected chi connectivity index (χ0v) is 29.1. The molecule has 4 atom stereocenters. The maximum absolute atomic E-state index is 14.3. The highest BCUT2D eigenvalue weighted by Gasteiger charge is 2.32. The zero-order valence-electron chi connectivity index (χ0n) is 28.3. The minimum Gasteiger partial charge on any atom is -0.490 e. The number of hydrogen-bond acceptors (Lipinski definition) is 7. The number of nitrogens with one attached hydrogen (secondary N) is 1. The molecule has 1 amide bonds. The summed E-state index contributed by atoms with van der Waals surface area (Å²) in [6.07, 6.45) is -2.76. The molecule has 2 N–H and O–H groups in total. The lowest BCUT2D eigenvalue weighted by Crippen LogP contribution is -2.47. The molecule has 13 heteroatoms. The summed E-state index contributed by atoms with van der Waals surface area (Å²) in [4.78, 5) is 17.9. The number of benzene rings is 3. The number of halogens is 3. The molecule has 3 aromatic rings. The minimum atomic E-state index is -4.41. The number of aliphatic hydroxyl groups excluding tert-OH is 1. The van der Waals surface area contributed by atoms with Gasteiger partial charge in [0.25, 0.3) is 15.9 Å². The topological polar surface area (TPSA) is 108 Å². The Labute approximate surface area is 287 Å². The maximum atomic E-state index is 14.3. The summed E-state index contributed by atoms with van der Waals surface area (Å²) in [6.45, 7) is 6.79. The van der Waals surface area contributed by atoms with Gasteiger partial charge in [-0.3, -0.25) is 14.4 Å². The number of rotatable bonds is 9. The number of ether oxygens (including phenoxy) is 2. The summed E-state index contributed by atoms with van der Waals surface area (Å²) in [7, 11) is -2.07. The van der Waals surface area contributed by atoms with Crippen molar-refractivity contribution in [3.05, 3.63) is 89.5 Å². The van der Waals surface area contributed by atoms with E-state index in [1.165, 1.54) is 30.3 Å². The fourth-order valence-electron chi connectivity index (χ4n) is 5.74. The molecule has 4 rings (SSSR count). The van der Waals surface area contributed by atoms with Crippen LogP contribution in [-0.4, -0.2) is 80.8 Å². The zero-order chi connectivity index (χ0) is 35.8. The number of nitrogens with zero attached hydrogens (tertiary/aromatic N) is 2. The van der Waals surface area contributed by atoms with Crippen molar-refractivity contribution in [1.29, 1.82) is 0 Å². The van der Waals surface area contributed by atoms with Gasteiger partial charge in [-0.15, -0.1) is 0 Å². The summed E-state index contributed by atoms with van der Waals surface area (Å²) in [5.74, 6) is -0.353. The molecule has 0 saturated heterocycles. The van der Waals surface area contributed by atoms with Crippen LogP contribution in [0.15, 0.2) is 77.7 Å². The summed E-state index contributed by atoms with van der Waals surface area (Å²) in [6, 6.07) is 17.0. The average Bonchev–Trinajstić information content (AvgIpc) is 3.06. The monoisotopic (exact) mass is 705 g/mol. The SMILES string of the molecule is C[C@@H]1CN([C@H](C)CO)C(=O)c2cc(NS(=O)(=O)c3ccccc3)ccc2O[C@@H](C)CCCCO[C@H]1CN(C)Cc1ccc(C(F)(F)F)cc1. The maximum Gasteiger partial charge on any atom is 0.416 e. The fourth-order valence-corrected chi connectivity index (χ4v) is 6.82. The Morgan fingerprint density at radius 2 is 1.73 bits per heavy atom. The predicted octanol–water partition coefficient (Wildman–Crippen LogP) is 6.43. The number of aliphatic hydroxyl groups is 1. The van der Waals surface area contributed by atoms with Crippen LogP contribution in [-0.2, 0) is 27.5 Å². The van der Waals surface area contributed by atoms with E-state index in [2.05, 4.69) is 4.72 Å².